The van der Waals surface area contributed by atoms with Crippen LogP contribution in [-0.4, -0.2) is 19.5 Å². The number of nitrogens with zero attached hydrogens (tertiary/aromatic N) is 1. The third-order valence-electron chi connectivity index (χ3n) is 4.40. The highest BCUT2D eigenvalue weighted by Gasteiger charge is 2.23. The molecule has 1 amide bonds. The minimum atomic E-state index is 0. The van der Waals surface area contributed by atoms with Crippen LogP contribution in [-0.2, 0) is 4.79 Å². The van der Waals surface area contributed by atoms with E-state index < -0.39 is 0 Å². The summed E-state index contributed by atoms with van der Waals surface area (Å²) in [5.41, 5.74) is 1.88. The zero-order chi connectivity index (χ0) is 18.0. The molecule has 0 saturated carbocycles. The number of benzene rings is 2. The molecule has 0 spiro atoms. The number of carbonyl (C=O) groups is 1. The lowest BCUT2D eigenvalue weighted by molar-refractivity contribution is -0.117. The maximum absolute atomic E-state index is 12.0. The van der Waals surface area contributed by atoms with Crippen molar-refractivity contribution in [1.29, 1.82) is 0 Å². The van der Waals surface area contributed by atoms with Crippen LogP contribution in [0, 0.1) is 0 Å². The minimum absolute atomic E-state index is 0. The maximum atomic E-state index is 12.0. The van der Waals surface area contributed by atoms with Gasteiger partial charge < -0.3 is 15.0 Å². The number of hydrogen-bond acceptors (Lipinski definition) is 3. The summed E-state index contributed by atoms with van der Waals surface area (Å²) in [6.07, 6.45) is 1.51. The average molecular weight is 416 g/mol. The van der Waals surface area contributed by atoms with Crippen molar-refractivity contribution in [1.82, 2.24) is 5.32 Å². The van der Waals surface area contributed by atoms with E-state index in [1.54, 1.807) is 18.2 Å². The number of ether oxygens (including phenoxy) is 1. The topological polar surface area (TPSA) is 41.6 Å². The van der Waals surface area contributed by atoms with Crippen LogP contribution in [0.3, 0.4) is 0 Å². The normalized spacial score (nSPS) is 14.9. The Kier molecular flexibility index (Phi) is 7.18. The Labute approximate surface area is 169 Å². The lowest BCUT2D eigenvalue weighted by Crippen LogP contribution is -2.24. The summed E-state index contributed by atoms with van der Waals surface area (Å²) < 4.78 is 6.03. The van der Waals surface area contributed by atoms with Crippen molar-refractivity contribution in [3.63, 3.8) is 0 Å². The molecule has 1 heterocycles. The van der Waals surface area contributed by atoms with E-state index in [0.29, 0.717) is 22.2 Å². The van der Waals surface area contributed by atoms with E-state index in [-0.39, 0.29) is 24.4 Å². The van der Waals surface area contributed by atoms with Gasteiger partial charge in [-0.1, -0.05) is 23.2 Å². The van der Waals surface area contributed by atoms with Gasteiger partial charge in [0.2, 0.25) is 5.91 Å². The van der Waals surface area contributed by atoms with Crippen LogP contribution in [0.2, 0.25) is 10.0 Å². The van der Waals surface area contributed by atoms with Crippen LogP contribution < -0.4 is 15.0 Å². The molecule has 1 fully saturated rings. The number of amides is 1. The van der Waals surface area contributed by atoms with Gasteiger partial charge in [-0.15, -0.1) is 12.4 Å². The summed E-state index contributed by atoms with van der Waals surface area (Å²) >= 11 is 12.0. The van der Waals surface area contributed by atoms with Crippen molar-refractivity contribution in [2.45, 2.75) is 25.8 Å². The van der Waals surface area contributed by atoms with E-state index in [1.165, 1.54) is 0 Å². The van der Waals surface area contributed by atoms with Gasteiger partial charge in [0.15, 0.2) is 0 Å². The summed E-state index contributed by atoms with van der Waals surface area (Å²) in [6, 6.07) is 11.1. The molecule has 0 aliphatic carbocycles. The van der Waals surface area contributed by atoms with Gasteiger partial charge in [-0.3, -0.25) is 4.79 Å². The van der Waals surface area contributed by atoms with Crippen molar-refractivity contribution in [2.24, 2.45) is 0 Å². The summed E-state index contributed by atoms with van der Waals surface area (Å²) in [5, 5.41) is 4.16. The third kappa shape index (κ3) is 4.44. The zero-order valence-corrected chi connectivity index (χ0v) is 16.9. The number of nitrogens with one attached hydrogen (secondary N) is 1. The highest BCUT2D eigenvalue weighted by atomic mass is 35.5. The predicted octanol–water partition coefficient (Wildman–Crippen LogP) is 5.61. The van der Waals surface area contributed by atoms with Gasteiger partial charge in [0.25, 0.3) is 0 Å². The average Bonchev–Trinajstić information content (AvgIpc) is 3.04. The molecule has 3 rings (SSSR count). The van der Waals surface area contributed by atoms with Gasteiger partial charge in [-0.2, -0.15) is 0 Å². The quantitative estimate of drug-likeness (QED) is 0.689. The molecule has 2 aromatic carbocycles. The molecule has 7 heteroatoms. The monoisotopic (exact) mass is 414 g/mol. The number of rotatable bonds is 5. The van der Waals surface area contributed by atoms with Crippen LogP contribution >= 0.6 is 35.6 Å². The van der Waals surface area contributed by atoms with Crippen LogP contribution in [0.15, 0.2) is 36.4 Å². The molecule has 1 aliphatic rings. The first-order chi connectivity index (χ1) is 12.0. The van der Waals surface area contributed by atoms with Gasteiger partial charge >= 0.3 is 0 Å². The van der Waals surface area contributed by atoms with Gasteiger partial charge in [0, 0.05) is 36.3 Å². The van der Waals surface area contributed by atoms with Gasteiger partial charge in [-0.25, -0.2) is 0 Å². The van der Waals surface area contributed by atoms with E-state index in [9.17, 15) is 4.79 Å². The second-order valence-electron chi connectivity index (χ2n) is 6.06. The maximum Gasteiger partial charge on any atom is 0.227 e. The smallest absolute Gasteiger partial charge is 0.227 e. The molecule has 4 nitrogen and oxygen atoms in total. The Balaban J connectivity index is 0.00000243. The molecule has 1 saturated heterocycles. The Hall–Kier alpha value is -1.46. The van der Waals surface area contributed by atoms with Crippen molar-refractivity contribution in [3.05, 3.63) is 52.0 Å². The molecule has 2 aromatic rings. The number of hydrogen-bond donors (Lipinski definition) is 1. The fourth-order valence-electron chi connectivity index (χ4n) is 2.88. The molecule has 0 radical (unpaired) electrons. The Morgan fingerprint density at radius 2 is 1.92 bits per heavy atom. The Bertz CT molecular complexity index is 798. The first-order valence-corrected chi connectivity index (χ1v) is 8.99. The van der Waals surface area contributed by atoms with Crippen LogP contribution in [0.5, 0.6) is 11.5 Å². The summed E-state index contributed by atoms with van der Waals surface area (Å²) in [6.45, 7) is 2.81. The summed E-state index contributed by atoms with van der Waals surface area (Å²) in [4.78, 5) is 13.9. The second-order valence-corrected chi connectivity index (χ2v) is 6.87. The standard InChI is InChI=1S/C19H20Cl2N2O2.ClH/c1-12(22-2)15-10-13(23-9-3-4-19(23)24)5-8-18(15)25-14-6-7-16(20)17(21)11-14;/h5-8,10-12,22H,3-4,9H2,1-2H3;1H. The second kappa shape index (κ2) is 8.96. The lowest BCUT2D eigenvalue weighted by atomic mass is 10.1. The molecule has 1 atom stereocenters. The largest absolute Gasteiger partial charge is 0.457 e. The molecule has 1 aliphatic heterocycles. The zero-order valence-electron chi connectivity index (χ0n) is 14.6. The molecule has 1 N–H and O–H groups in total. The third-order valence-corrected chi connectivity index (χ3v) is 5.14. The fourth-order valence-corrected chi connectivity index (χ4v) is 3.17. The van der Waals surface area contributed by atoms with Gasteiger partial charge in [0.1, 0.15) is 11.5 Å². The number of carbonyl (C=O) groups excluding carboxylic acids is 1. The Morgan fingerprint density at radius 1 is 1.15 bits per heavy atom. The van der Waals surface area contributed by atoms with Crippen LogP contribution in [0.4, 0.5) is 5.69 Å². The highest BCUT2D eigenvalue weighted by molar-refractivity contribution is 6.42. The van der Waals surface area contributed by atoms with Crippen LogP contribution in [0.25, 0.3) is 0 Å². The van der Waals surface area contributed by atoms with Crippen LogP contribution in [0.1, 0.15) is 31.4 Å². The Morgan fingerprint density at radius 3 is 2.54 bits per heavy atom. The first-order valence-electron chi connectivity index (χ1n) is 8.24. The summed E-state index contributed by atoms with van der Waals surface area (Å²) in [5.74, 6) is 1.50. The highest BCUT2D eigenvalue weighted by Crippen LogP contribution is 2.36. The van der Waals surface area contributed by atoms with Crippen molar-refractivity contribution < 1.29 is 9.53 Å². The predicted molar refractivity (Wildman–Crippen MR) is 109 cm³/mol. The summed E-state index contributed by atoms with van der Waals surface area (Å²) in [7, 11) is 1.89. The molecule has 140 valence electrons. The molecule has 26 heavy (non-hydrogen) atoms. The van der Waals surface area contributed by atoms with E-state index in [4.69, 9.17) is 27.9 Å². The first kappa shape index (κ1) is 20.8. The molecule has 0 aromatic heterocycles. The molecular weight excluding hydrogens is 395 g/mol. The van der Waals surface area contributed by atoms with E-state index in [1.807, 2.05) is 37.1 Å². The van der Waals surface area contributed by atoms with Crippen molar-refractivity contribution in [2.75, 3.05) is 18.5 Å². The number of halogens is 3. The van der Waals surface area contributed by atoms with E-state index in [0.717, 1.165) is 30.0 Å². The molecule has 1 unspecified atom stereocenters. The van der Waals surface area contributed by atoms with Crippen molar-refractivity contribution >= 4 is 47.2 Å². The molecular formula is C19H21Cl3N2O2. The number of anilines is 1. The minimum Gasteiger partial charge on any atom is -0.457 e. The fraction of sp³-hybridized carbons (Fsp3) is 0.316. The van der Waals surface area contributed by atoms with Gasteiger partial charge in [0.05, 0.1) is 10.0 Å². The van der Waals surface area contributed by atoms with E-state index in [2.05, 4.69) is 5.32 Å². The molecule has 0 bridgehead atoms. The lowest BCUT2D eigenvalue weighted by Gasteiger charge is -2.21. The SMILES string of the molecule is CNC(C)c1cc(N2CCCC2=O)ccc1Oc1ccc(Cl)c(Cl)c1.Cl. The van der Waals surface area contributed by atoms with E-state index >= 15 is 0 Å². The van der Waals surface area contributed by atoms with Gasteiger partial charge in [-0.05, 0) is 50.7 Å². The van der Waals surface area contributed by atoms with Crippen molar-refractivity contribution in [3.8, 4) is 11.5 Å².